The Balaban J connectivity index is 2.23. The van der Waals surface area contributed by atoms with E-state index in [-0.39, 0.29) is 0 Å². The summed E-state index contributed by atoms with van der Waals surface area (Å²) in [6.07, 6.45) is 10.6. The fourth-order valence-corrected chi connectivity index (χ4v) is 2.53. The molecule has 0 heterocycles. The molecule has 13 heavy (non-hydrogen) atoms. The molecular formula is C12H19Zr. The first-order valence-electron chi connectivity index (χ1n) is 5.36. The van der Waals surface area contributed by atoms with E-state index in [1.165, 1.54) is 38.5 Å². The van der Waals surface area contributed by atoms with Gasteiger partial charge in [-0.25, -0.2) is 0 Å². The monoisotopic (exact) mass is 253 g/mol. The molecule has 0 aliphatic heterocycles. The fourth-order valence-electron chi connectivity index (χ4n) is 1.72. The van der Waals surface area contributed by atoms with Gasteiger partial charge in [-0.05, 0) is 0 Å². The van der Waals surface area contributed by atoms with Crippen LogP contribution in [0.1, 0.15) is 52.4 Å². The summed E-state index contributed by atoms with van der Waals surface area (Å²) in [6.45, 7) is 4.55. The zero-order valence-corrected chi connectivity index (χ0v) is 11.3. The molecule has 0 amide bonds. The third kappa shape index (κ3) is 3.54. The van der Waals surface area contributed by atoms with Crippen molar-refractivity contribution in [3.8, 4) is 0 Å². The van der Waals surface area contributed by atoms with Gasteiger partial charge in [-0.3, -0.25) is 0 Å². The number of allylic oxidation sites excluding steroid dienone is 4. The van der Waals surface area contributed by atoms with E-state index < -0.39 is 0 Å². The quantitative estimate of drug-likeness (QED) is 0.648. The molecule has 0 unspecified atom stereocenters. The van der Waals surface area contributed by atoms with E-state index in [0.717, 1.165) is 0 Å². The predicted molar refractivity (Wildman–Crippen MR) is 54.2 cm³/mol. The van der Waals surface area contributed by atoms with Crippen LogP contribution < -0.4 is 0 Å². The minimum atomic E-state index is 1.23. The third-order valence-corrected chi connectivity index (χ3v) is 4.54. The van der Waals surface area contributed by atoms with Gasteiger partial charge >= 0.3 is 97.6 Å². The van der Waals surface area contributed by atoms with Gasteiger partial charge < -0.3 is 0 Å². The summed E-state index contributed by atoms with van der Waals surface area (Å²) in [6, 6.07) is 0. The maximum absolute atomic E-state index is 2.44. The molecule has 0 spiro atoms. The van der Waals surface area contributed by atoms with Crippen molar-refractivity contribution in [2.75, 3.05) is 0 Å². The second kappa shape index (κ2) is 5.96. The van der Waals surface area contributed by atoms with Gasteiger partial charge in [0.15, 0.2) is 0 Å². The van der Waals surface area contributed by atoms with E-state index in [9.17, 15) is 0 Å². The molecule has 71 valence electrons. The molecule has 0 atom stereocenters. The molecule has 0 aromatic carbocycles. The van der Waals surface area contributed by atoms with Crippen LogP contribution in [-0.4, -0.2) is 0 Å². The minimum absolute atomic E-state index is 1.23. The Labute approximate surface area is 97.3 Å². The molecular weight excluding hydrogens is 235 g/mol. The number of rotatable bonds is 5. The molecule has 0 N–H and O–H groups in total. The number of hydrogen-bond donors (Lipinski definition) is 0. The summed E-state index contributed by atoms with van der Waals surface area (Å²) in [5.41, 5.74) is 3.27. The van der Waals surface area contributed by atoms with Gasteiger partial charge in [-0.15, -0.1) is 0 Å². The van der Waals surface area contributed by atoms with E-state index in [0.29, 0.717) is 0 Å². The van der Waals surface area contributed by atoms with Crippen molar-refractivity contribution in [2.24, 2.45) is 0 Å². The summed E-state index contributed by atoms with van der Waals surface area (Å²) < 4.78 is 1.66. The second-order valence-electron chi connectivity index (χ2n) is 3.90. The molecule has 1 rings (SSSR count). The van der Waals surface area contributed by atoms with Gasteiger partial charge in [0.05, 0.1) is 0 Å². The second-order valence-corrected chi connectivity index (χ2v) is 5.13. The van der Waals surface area contributed by atoms with Crippen LogP contribution in [0.3, 0.4) is 0 Å². The molecule has 1 heteroatoms. The zero-order valence-electron chi connectivity index (χ0n) is 8.82. The summed E-state index contributed by atoms with van der Waals surface area (Å²) in [4.78, 5) is 0. The van der Waals surface area contributed by atoms with Gasteiger partial charge in [0.2, 0.25) is 0 Å². The summed E-state index contributed by atoms with van der Waals surface area (Å²) in [7, 11) is 0. The Kier molecular flexibility index (Phi) is 5.25. The van der Waals surface area contributed by atoms with E-state index in [1.54, 1.807) is 39.1 Å². The summed E-state index contributed by atoms with van der Waals surface area (Å²) >= 11 is 1.61. The van der Waals surface area contributed by atoms with Crippen molar-refractivity contribution in [1.29, 1.82) is 0 Å². The van der Waals surface area contributed by atoms with Crippen LogP contribution in [0.5, 0.6) is 0 Å². The van der Waals surface area contributed by atoms with Gasteiger partial charge in [0, 0.05) is 0 Å². The van der Waals surface area contributed by atoms with Crippen LogP contribution in [0, 0.1) is 0 Å². The van der Waals surface area contributed by atoms with Gasteiger partial charge in [-0.1, -0.05) is 0 Å². The molecule has 0 aromatic rings. The van der Waals surface area contributed by atoms with Crippen LogP contribution in [-0.2, 0) is 24.7 Å². The molecule has 1 aliphatic rings. The van der Waals surface area contributed by atoms with E-state index in [4.69, 9.17) is 0 Å². The number of hydrogen-bond acceptors (Lipinski definition) is 0. The average molecular weight is 255 g/mol. The molecule has 0 bridgehead atoms. The molecule has 0 saturated carbocycles. The van der Waals surface area contributed by atoms with Crippen LogP contribution in [0.2, 0.25) is 0 Å². The Morgan fingerprint density at radius 2 is 2.08 bits per heavy atom. The first-order valence-corrected chi connectivity index (χ1v) is 6.59. The SMILES string of the molecule is CCCCCCC1=CCC(C)=[C]1[Zr]. The van der Waals surface area contributed by atoms with Crippen LogP contribution in [0.25, 0.3) is 0 Å². The van der Waals surface area contributed by atoms with Crippen molar-refractivity contribution >= 4 is 0 Å². The number of unbranched alkanes of at least 4 members (excludes halogenated alkanes) is 3. The van der Waals surface area contributed by atoms with E-state index in [2.05, 4.69) is 19.9 Å². The molecule has 0 saturated heterocycles. The maximum atomic E-state index is 2.44. The molecule has 0 radical (unpaired) electrons. The van der Waals surface area contributed by atoms with Crippen molar-refractivity contribution < 1.29 is 24.7 Å². The normalized spacial score (nSPS) is 16.5. The first kappa shape index (κ1) is 11.4. The van der Waals surface area contributed by atoms with Gasteiger partial charge in [0.25, 0.3) is 0 Å². The molecule has 1 aliphatic carbocycles. The predicted octanol–water partition coefficient (Wildman–Crippen LogP) is 4.11. The Morgan fingerprint density at radius 1 is 1.31 bits per heavy atom. The third-order valence-electron chi connectivity index (χ3n) is 2.70. The van der Waals surface area contributed by atoms with Crippen molar-refractivity contribution in [2.45, 2.75) is 52.4 Å². The topological polar surface area (TPSA) is 0 Å². The van der Waals surface area contributed by atoms with Crippen LogP contribution >= 0.6 is 0 Å². The van der Waals surface area contributed by atoms with Gasteiger partial charge in [-0.2, -0.15) is 0 Å². The Morgan fingerprint density at radius 3 is 2.62 bits per heavy atom. The van der Waals surface area contributed by atoms with Crippen molar-refractivity contribution in [3.05, 3.63) is 20.5 Å². The Hall–Kier alpha value is 0.363. The van der Waals surface area contributed by atoms with Crippen molar-refractivity contribution in [1.82, 2.24) is 0 Å². The van der Waals surface area contributed by atoms with Crippen LogP contribution in [0.4, 0.5) is 0 Å². The van der Waals surface area contributed by atoms with E-state index in [1.807, 2.05) is 0 Å². The Bertz CT molecular complexity index is 223. The average Bonchev–Trinajstić information content (AvgIpc) is 2.43. The molecule has 0 fully saturated rings. The van der Waals surface area contributed by atoms with Crippen molar-refractivity contribution in [3.63, 3.8) is 0 Å². The fraction of sp³-hybridized carbons (Fsp3) is 0.667. The summed E-state index contributed by atoms with van der Waals surface area (Å²) in [5.74, 6) is 0. The standard InChI is InChI=1S/C12H19.Zr/c1-3-4-5-6-7-12-9-8-11(2)10-12;/h9H,3-8H2,1-2H3;. The first-order chi connectivity index (χ1) is 6.25. The van der Waals surface area contributed by atoms with E-state index >= 15 is 0 Å². The van der Waals surface area contributed by atoms with Gasteiger partial charge in [0.1, 0.15) is 0 Å². The zero-order chi connectivity index (χ0) is 9.68. The molecule has 0 aromatic heterocycles. The molecule has 0 nitrogen and oxygen atoms in total. The van der Waals surface area contributed by atoms with Crippen LogP contribution in [0.15, 0.2) is 20.5 Å². The summed E-state index contributed by atoms with van der Waals surface area (Å²) in [5, 5.41) is 0.